The van der Waals surface area contributed by atoms with Crippen molar-refractivity contribution in [1.29, 1.82) is 0 Å². The van der Waals surface area contributed by atoms with Gasteiger partial charge >= 0.3 is 6.09 Å². The molecule has 0 aromatic rings. The van der Waals surface area contributed by atoms with Crippen molar-refractivity contribution in [3.63, 3.8) is 0 Å². The molecule has 2 aliphatic rings. The number of carbonyl (C=O) groups excluding carboxylic acids is 2. The predicted molar refractivity (Wildman–Crippen MR) is 75.1 cm³/mol. The summed E-state index contributed by atoms with van der Waals surface area (Å²) in [7, 11) is 0. The summed E-state index contributed by atoms with van der Waals surface area (Å²) in [5.74, 6) is 0.404. The van der Waals surface area contributed by atoms with Crippen LogP contribution in [0, 0.1) is 5.92 Å². The van der Waals surface area contributed by atoms with Crippen molar-refractivity contribution in [2.45, 2.75) is 45.3 Å². The highest BCUT2D eigenvalue weighted by Gasteiger charge is 2.47. The number of ether oxygens (including phenoxy) is 1. The number of fused-ring (bicyclic) bond motifs is 2. The van der Waals surface area contributed by atoms with Crippen LogP contribution in [0.15, 0.2) is 0 Å². The van der Waals surface area contributed by atoms with Crippen LogP contribution < -0.4 is 5.73 Å². The average Bonchev–Trinajstić information content (AvgIpc) is 2.70. The molecule has 0 unspecified atom stereocenters. The summed E-state index contributed by atoms with van der Waals surface area (Å²) in [6, 6.07) is -0.346. The van der Waals surface area contributed by atoms with Gasteiger partial charge in [-0.15, -0.1) is 0 Å². The number of rotatable bonds is 3. The van der Waals surface area contributed by atoms with Crippen LogP contribution in [-0.2, 0) is 9.53 Å². The molecule has 6 heteroatoms. The molecule has 0 spiro atoms. The lowest BCUT2D eigenvalue weighted by molar-refractivity contribution is -0.137. The van der Waals surface area contributed by atoms with E-state index < -0.39 is 5.60 Å². The molecular formula is C14H25N3O3. The molecule has 2 atom stereocenters. The summed E-state index contributed by atoms with van der Waals surface area (Å²) < 4.78 is 5.39. The second-order valence-electron chi connectivity index (χ2n) is 6.68. The average molecular weight is 283 g/mol. The number of hydrogen-bond donors (Lipinski definition) is 1. The van der Waals surface area contributed by atoms with Gasteiger partial charge in [-0.3, -0.25) is 9.69 Å². The maximum absolute atomic E-state index is 12.4. The molecule has 2 saturated heterocycles. The molecule has 2 heterocycles. The van der Waals surface area contributed by atoms with Crippen LogP contribution in [-0.4, -0.2) is 59.6 Å². The Hall–Kier alpha value is -1.30. The molecule has 2 N–H and O–H groups in total. The molecule has 2 bridgehead atoms. The lowest BCUT2D eigenvalue weighted by Gasteiger charge is -2.32. The molecule has 2 amide bonds. The molecule has 2 rings (SSSR count). The number of hydrogen-bond acceptors (Lipinski definition) is 4. The lowest BCUT2D eigenvalue weighted by Crippen LogP contribution is -2.50. The van der Waals surface area contributed by atoms with E-state index in [-0.39, 0.29) is 18.0 Å². The van der Waals surface area contributed by atoms with Gasteiger partial charge in [0.25, 0.3) is 0 Å². The molecule has 2 aliphatic heterocycles. The third-order valence-corrected chi connectivity index (χ3v) is 3.72. The summed E-state index contributed by atoms with van der Waals surface area (Å²) in [4.78, 5) is 28.0. The van der Waals surface area contributed by atoms with E-state index in [4.69, 9.17) is 10.5 Å². The van der Waals surface area contributed by atoms with Crippen LogP contribution in [0.4, 0.5) is 4.79 Å². The van der Waals surface area contributed by atoms with Crippen molar-refractivity contribution in [1.82, 2.24) is 9.80 Å². The standard InChI is InChI=1S/C14H25N3O3/c1-14(2,3)20-13(19)17-9-10-7-11(17)12(18)16(8-10)6-4-5-15/h10-11H,4-9,15H2,1-3H3/t10-,11+/m1/s1. The van der Waals surface area contributed by atoms with Gasteiger partial charge in [-0.2, -0.15) is 0 Å². The van der Waals surface area contributed by atoms with Crippen molar-refractivity contribution >= 4 is 12.0 Å². The van der Waals surface area contributed by atoms with E-state index in [1.54, 1.807) is 4.90 Å². The molecule has 0 aromatic heterocycles. The quantitative estimate of drug-likeness (QED) is 0.831. The van der Waals surface area contributed by atoms with Crippen molar-refractivity contribution < 1.29 is 14.3 Å². The monoisotopic (exact) mass is 283 g/mol. The lowest BCUT2D eigenvalue weighted by atomic mass is 9.99. The van der Waals surface area contributed by atoms with E-state index in [0.29, 0.717) is 25.6 Å². The van der Waals surface area contributed by atoms with E-state index >= 15 is 0 Å². The Labute approximate surface area is 120 Å². The summed E-state index contributed by atoms with van der Waals surface area (Å²) in [5, 5.41) is 0. The maximum atomic E-state index is 12.4. The van der Waals surface area contributed by atoms with Crippen molar-refractivity contribution in [3.05, 3.63) is 0 Å². The minimum atomic E-state index is -0.532. The van der Waals surface area contributed by atoms with Gasteiger partial charge in [0.2, 0.25) is 5.91 Å². The molecular weight excluding hydrogens is 258 g/mol. The molecule has 0 aromatic carbocycles. The van der Waals surface area contributed by atoms with Crippen LogP contribution in [0.1, 0.15) is 33.6 Å². The molecule has 0 saturated carbocycles. The van der Waals surface area contributed by atoms with Crippen LogP contribution in [0.25, 0.3) is 0 Å². The second-order valence-corrected chi connectivity index (χ2v) is 6.68. The molecule has 114 valence electrons. The largest absolute Gasteiger partial charge is 0.444 e. The number of carbonyl (C=O) groups is 2. The third-order valence-electron chi connectivity index (χ3n) is 3.72. The topological polar surface area (TPSA) is 75.9 Å². The number of likely N-dealkylation sites (tertiary alicyclic amines) is 2. The Balaban J connectivity index is 2.02. The minimum absolute atomic E-state index is 0.0399. The highest BCUT2D eigenvalue weighted by Crippen LogP contribution is 2.31. The SMILES string of the molecule is CC(C)(C)OC(=O)N1C[C@@H]2C[C@H]1C(=O)N(CCCN)C2. The zero-order chi connectivity index (χ0) is 14.9. The first-order chi connectivity index (χ1) is 9.31. The van der Waals surface area contributed by atoms with Gasteiger partial charge in [0, 0.05) is 19.6 Å². The van der Waals surface area contributed by atoms with Crippen LogP contribution in [0.5, 0.6) is 0 Å². The molecule has 2 fully saturated rings. The summed E-state index contributed by atoms with van der Waals surface area (Å²) in [6.45, 7) is 8.12. The van der Waals surface area contributed by atoms with E-state index in [1.165, 1.54) is 0 Å². The highest BCUT2D eigenvalue weighted by molar-refractivity contribution is 5.87. The van der Waals surface area contributed by atoms with Crippen LogP contribution >= 0.6 is 0 Å². The van der Waals surface area contributed by atoms with Gasteiger partial charge in [-0.25, -0.2) is 4.79 Å². The van der Waals surface area contributed by atoms with Crippen LogP contribution in [0.2, 0.25) is 0 Å². The number of amides is 2. The second kappa shape index (κ2) is 5.60. The molecule has 20 heavy (non-hydrogen) atoms. The van der Waals surface area contributed by atoms with E-state index in [2.05, 4.69) is 0 Å². The number of nitrogens with two attached hydrogens (primary N) is 1. The molecule has 0 aliphatic carbocycles. The first kappa shape index (κ1) is 15.1. The van der Waals surface area contributed by atoms with Gasteiger partial charge < -0.3 is 15.4 Å². The number of nitrogens with zero attached hydrogens (tertiary/aromatic N) is 2. The molecule has 0 radical (unpaired) electrons. The van der Waals surface area contributed by atoms with E-state index in [1.807, 2.05) is 25.7 Å². The van der Waals surface area contributed by atoms with Gasteiger partial charge in [0.15, 0.2) is 0 Å². The van der Waals surface area contributed by atoms with Crippen molar-refractivity contribution in [3.8, 4) is 0 Å². The zero-order valence-corrected chi connectivity index (χ0v) is 12.6. The number of piperidine rings is 1. The smallest absolute Gasteiger partial charge is 0.410 e. The summed E-state index contributed by atoms with van der Waals surface area (Å²) in [5.41, 5.74) is 4.97. The van der Waals surface area contributed by atoms with Gasteiger partial charge in [0.1, 0.15) is 11.6 Å². The van der Waals surface area contributed by atoms with Crippen molar-refractivity contribution in [2.75, 3.05) is 26.2 Å². The van der Waals surface area contributed by atoms with Crippen molar-refractivity contribution in [2.24, 2.45) is 11.7 Å². The Morgan fingerprint density at radius 1 is 1.40 bits per heavy atom. The Morgan fingerprint density at radius 3 is 2.70 bits per heavy atom. The summed E-state index contributed by atoms with van der Waals surface area (Å²) in [6.07, 6.45) is 1.19. The zero-order valence-electron chi connectivity index (χ0n) is 12.6. The predicted octanol–water partition coefficient (Wildman–Crippen LogP) is 0.803. The maximum Gasteiger partial charge on any atom is 0.410 e. The fourth-order valence-corrected chi connectivity index (χ4v) is 2.91. The first-order valence-electron chi connectivity index (χ1n) is 7.30. The highest BCUT2D eigenvalue weighted by atomic mass is 16.6. The normalized spacial score (nSPS) is 26.1. The van der Waals surface area contributed by atoms with Gasteiger partial charge in [0.05, 0.1) is 0 Å². The van der Waals surface area contributed by atoms with Gasteiger partial charge in [-0.1, -0.05) is 0 Å². The first-order valence-corrected chi connectivity index (χ1v) is 7.30. The summed E-state index contributed by atoms with van der Waals surface area (Å²) >= 11 is 0. The van der Waals surface area contributed by atoms with E-state index in [0.717, 1.165) is 19.4 Å². The minimum Gasteiger partial charge on any atom is -0.444 e. The third kappa shape index (κ3) is 3.23. The Bertz CT molecular complexity index is 392. The fraction of sp³-hybridized carbons (Fsp3) is 0.857. The van der Waals surface area contributed by atoms with Crippen LogP contribution in [0.3, 0.4) is 0 Å². The Kier molecular flexibility index (Phi) is 4.22. The van der Waals surface area contributed by atoms with Gasteiger partial charge in [-0.05, 0) is 46.1 Å². The Morgan fingerprint density at radius 2 is 2.10 bits per heavy atom. The fourth-order valence-electron chi connectivity index (χ4n) is 2.91. The molecule has 6 nitrogen and oxygen atoms in total. The van der Waals surface area contributed by atoms with E-state index in [9.17, 15) is 9.59 Å².